The molecule has 12 heteroatoms. The first-order chi connectivity index (χ1) is 18.6. The fourth-order valence-electron chi connectivity index (χ4n) is 6.05. The Labute approximate surface area is 218 Å². The van der Waals surface area contributed by atoms with Gasteiger partial charge in [0, 0.05) is 25.2 Å². The minimum Gasteiger partial charge on any atom is -0.461 e. The summed E-state index contributed by atoms with van der Waals surface area (Å²) in [7, 11) is 0. The van der Waals surface area contributed by atoms with Crippen LogP contribution in [-0.4, -0.2) is 83.9 Å². The van der Waals surface area contributed by atoms with Crippen molar-refractivity contribution in [3.8, 4) is 11.6 Å². The lowest BCUT2D eigenvalue weighted by Crippen LogP contribution is -2.59. The van der Waals surface area contributed by atoms with Gasteiger partial charge in [-0.15, -0.1) is 5.10 Å². The predicted octanol–water partition coefficient (Wildman–Crippen LogP) is 1.85. The molecule has 6 heterocycles. The lowest BCUT2D eigenvalue weighted by atomic mass is 10.1. The topological polar surface area (TPSA) is 139 Å². The summed E-state index contributed by atoms with van der Waals surface area (Å²) in [6.07, 6.45) is 4.90. The number of carbonyl (C=O) groups excluding carboxylic acids is 2. The molecule has 3 aliphatic rings. The molecular formula is C26H27N9O3. The van der Waals surface area contributed by atoms with Gasteiger partial charge >= 0.3 is 0 Å². The number of piperazine rings is 1. The summed E-state index contributed by atoms with van der Waals surface area (Å²) >= 11 is 0. The molecule has 2 amide bonds. The summed E-state index contributed by atoms with van der Waals surface area (Å²) < 4.78 is 6.76. The molecule has 3 saturated heterocycles. The quantitative estimate of drug-likeness (QED) is 0.433. The van der Waals surface area contributed by atoms with Crippen LogP contribution in [0.15, 0.2) is 53.1 Å². The van der Waals surface area contributed by atoms with E-state index in [1.165, 1.54) is 4.52 Å². The summed E-state index contributed by atoms with van der Waals surface area (Å²) in [4.78, 5) is 46.4. The van der Waals surface area contributed by atoms with Crippen LogP contribution in [0.1, 0.15) is 36.0 Å². The third-order valence-electron chi connectivity index (χ3n) is 7.81. The van der Waals surface area contributed by atoms with Crippen molar-refractivity contribution in [1.82, 2.24) is 34.4 Å². The molecule has 3 fully saturated rings. The number of nitrogens with zero attached hydrogens (tertiary/aromatic N) is 8. The third kappa shape index (κ3) is 3.66. The lowest BCUT2D eigenvalue weighted by molar-refractivity contribution is -0.135. The van der Waals surface area contributed by atoms with Crippen molar-refractivity contribution in [2.45, 2.75) is 43.8 Å². The van der Waals surface area contributed by atoms with E-state index in [4.69, 9.17) is 10.2 Å². The zero-order valence-electron chi connectivity index (χ0n) is 20.7. The van der Waals surface area contributed by atoms with Crippen molar-refractivity contribution in [3.05, 3.63) is 54.3 Å². The molecule has 0 radical (unpaired) electrons. The molecule has 0 spiro atoms. The molecule has 3 aliphatic heterocycles. The van der Waals surface area contributed by atoms with Crippen molar-refractivity contribution in [3.63, 3.8) is 0 Å². The molecule has 38 heavy (non-hydrogen) atoms. The van der Waals surface area contributed by atoms with Gasteiger partial charge < -0.3 is 24.9 Å². The van der Waals surface area contributed by atoms with E-state index in [-0.39, 0.29) is 35.9 Å². The number of furan rings is 1. The Morgan fingerprint density at radius 1 is 0.947 bits per heavy atom. The van der Waals surface area contributed by atoms with E-state index in [1.54, 1.807) is 18.4 Å². The number of hydrogen-bond acceptors (Lipinski definition) is 9. The van der Waals surface area contributed by atoms with Crippen molar-refractivity contribution in [2.24, 2.45) is 0 Å². The Hall–Kier alpha value is -4.48. The van der Waals surface area contributed by atoms with Crippen LogP contribution < -0.4 is 10.6 Å². The molecule has 1 aromatic carbocycles. The number of hydrogen-bond donors (Lipinski definition) is 1. The van der Waals surface area contributed by atoms with Crippen molar-refractivity contribution in [2.75, 3.05) is 30.3 Å². The van der Waals surface area contributed by atoms with E-state index in [9.17, 15) is 9.59 Å². The van der Waals surface area contributed by atoms with E-state index >= 15 is 0 Å². The number of benzene rings is 1. The van der Waals surface area contributed by atoms with Crippen LogP contribution >= 0.6 is 0 Å². The van der Waals surface area contributed by atoms with Gasteiger partial charge in [-0.2, -0.15) is 19.5 Å². The minimum atomic E-state index is -0.389. The van der Waals surface area contributed by atoms with Gasteiger partial charge in [0.05, 0.1) is 18.3 Å². The summed E-state index contributed by atoms with van der Waals surface area (Å²) in [5.74, 6) is 1.76. The number of fused-ring (bicyclic) bond motifs is 3. The molecule has 12 nitrogen and oxygen atoms in total. The fraction of sp³-hybridized carbons (Fsp3) is 0.385. The number of nitrogen functional groups attached to an aromatic ring is 1. The predicted molar refractivity (Wildman–Crippen MR) is 137 cm³/mol. The minimum absolute atomic E-state index is 0.0273. The molecule has 4 aromatic rings. The van der Waals surface area contributed by atoms with Gasteiger partial charge in [0.1, 0.15) is 6.04 Å². The van der Waals surface area contributed by atoms with E-state index in [2.05, 4.69) is 20.1 Å². The number of carbonyl (C=O) groups is 2. The molecule has 2 unspecified atom stereocenters. The van der Waals surface area contributed by atoms with Crippen LogP contribution in [-0.2, 0) is 4.79 Å². The highest BCUT2D eigenvalue weighted by Gasteiger charge is 2.46. The second-order valence-corrected chi connectivity index (χ2v) is 10.1. The lowest BCUT2D eigenvalue weighted by Gasteiger charge is -2.42. The average Bonchev–Trinajstić information content (AvgIpc) is 3.74. The van der Waals surface area contributed by atoms with E-state index in [0.29, 0.717) is 54.9 Å². The monoisotopic (exact) mass is 513 g/mol. The first-order valence-electron chi connectivity index (χ1n) is 12.9. The standard InChI is InChI=1S/C26H27N9O3/c27-24-29-25(30-26-28-21(31-35(24)26)20-9-5-13-38-20)33-12-4-8-19(33)23(37)32-14-17-10-11-18(15-32)34(17)22(36)16-6-2-1-3-7-16/h1-3,5-7,9,13,17-19H,4,8,10-12,14-15H2,(H2,27,28,29,30,31)/t17?,18?,19-/m0/s1. The third-order valence-corrected chi connectivity index (χ3v) is 7.81. The van der Waals surface area contributed by atoms with Gasteiger partial charge in [-0.05, 0) is 49.9 Å². The molecule has 3 aromatic heterocycles. The van der Waals surface area contributed by atoms with Crippen LogP contribution in [0.25, 0.3) is 17.4 Å². The highest BCUT2D eigenvalue weighted by Crippen LogP contribution is 2.33. The Kier molecular flexibility index (Phi) is 5.27. The van der Waals surface area contributed by atoms with Crippen LogP contribution in [0.4, 0.5) is 11.9 Å². The van der Waals surface area contributed by atoms with Gasteiger partial charge in [-0.25, -0.2) is 0 Å². The summed E-state index contributed by atoms with van der Waals surface area (Å²) in [5.41, 5.74) is 6.91. The second-order valence-electron chi connectivity index (χ2n) is 10.1. The summed E-state index contributed by atoms with van der Waals surface area (Å²) in [6.45, 7) is 1.72. The average molecular weight is 514 g/mol. The molecule has 2 N–H and O–H groups in total. The van der Waals surface area contributed by atoms with Crippen LogP contribution in [0, 0.1) is 0 Å². The fourth-order valence-corrected chi connectivity index (χ4v) is 6.05. The summed E-state index contributed by atoms with van der Waals surface area (Å²) in [5, 5.41) is 4.35. The normalized spacial score (nSPS) is 22.9. The van der Waals surface area contributed by atoms with Crippen molar-refractivity contribution >= 4 is 29.5 Å². The van der Waals surface area contributed by atoms with E-state index < -0.39 is 0 Å². The molecule has 2 bridgehead atoms. The van der Waals surface area contributed by atoms with E-state index in [1.807, 2.05) is 45.0 Å². The van der Waals surface area contributed by atoms with Crippen LogP contribution in [0.2, 0.25) is 0 Å². The first-order valence-corrected chi connectivity index (χ1v) is 12.9. The van der Waals surface area contributed by atoms with Crippen LogP contribution in [0.5, 0.6) is 0 Å². The first kappa shape index (κ1) is 22.7. The number of amides is 2. The Morgan fingerprint density at radius 2 is 1.74 bits per heavy atom. The Morgan fingerprint density at radius 3 is 2.47 bits per heavy atom. The molecule has 3 atom stereocenters. The highest BCUT2D eigenvalue weighted by molar-refractivity contribution is 5.95. The molecule has 194 valence electrons. The number of rotatable bonds is 4. The Bertz CT molecular complexity index is 1490. The molecule has 7 rings (SSSR count). The molecular weight excluding hydrogens is 486 g/mol. The smallest absolute Gasteiger partial charge is 0.259 e. The maximum absolute atomic E-state index is 13.8. The summed E-state index contributed by atoms with van der Waals surface area (Å²) in [6, 6.07) is 12.6. The van der Waals surface area contributed by atoms with Crippen molar-refractivity contribution < 1.29 is 14.0 Å². The maximum atomic E-state index is 13.8. The SMILES string of the molecule is Nc1nc(N2CCC[C@H]2C(=O)N2CC3CCC(C2)N3C(=O)c2ccccc2)nc2nc(-c3ccco3)nn12. The zero-order chi connectivity index (χ0) is 25.8. The van der Waals surface area contributed by atoms with Gasteiger partial charge in [-0.1, -0.05) is 18.2 Å². The zero-order valence-corrected chi connectivity index (χ0v) is 20.7. The highest BCUT2D eigenvalue weighted by atomic mass is 16.3. The van der Waals surface area contributed by atoms with Crippen molar-refractivity contribution in [1.29, 1.82) is 0 Å². The largest absolute Gasteiger partial charge is 0.461 e. The number of aromatic nitrogens is 5. The number of anilines is 2. The number of nitrogens with two attached hydrogens (primary N) is 1. The van der Waals surface area contributed by atoms with E-state index in [0.717, 1.165) is 19.3 Å². The maximum Gasteiger partial charge on any atom is 0.259 e. The molecule has 0 aliphatic carbocycles. The number of likely N-dealkylation sites (tertiary alicyclic amines) is 1. The Balaban J connectivity index is 1.11. The molecule has 0 saturated carbocycles. The van der Waals surface area contributed by atoms with Gasteiger partial charge in [0.25, 0.3) is 11.7 Å². The van der Waals surface area contributed by atoms with Gasteiger partial charge in [0.15, 0.2) is 5.76 Å². The second kappa shape index (κ2) is 8.82. The van der Waals surface area contributed by atoms with Gasteiger partial charge in [0.2, 0.25) is 23.6 Å². The van der Waals surface area contributed by atoms with Crippen LogP contribution in [0.3, 0.4) is 0 Å². The van der Waals surface area contributed by atoms with Gasteiger partial charge in [-0.3, -0.25) is 9.59 Å².